The first kappa shape index (κ1) is 20.1. The molecule has 0 aromatic heterocycles. The summed E-state index contributed by atoms with van der Waals surface area (Å²) in [5, 5.41) is 0. The maximum atomic E-state index is 11.8. The van der Waals surface area contributed by atoms with Crippen LogP contribution < -0.4 is 0 Å². The van der Waals surface area contributed by atoms with Crippen LogP contribution in [0.25, 0.3) is 0 Å². The van der Waals surface area contributed by atoms with Gasteiger partial charge in [0.1, 0.15) is 0 Å². The van der Waals surface area contributed by atoms with E-state index in [-0.39, 0.29) is 0 Å². The van der Waals surface area contributed by atoms with E-state index in [1.807, 2.05) is 11.8 Å². The Morgan fingerprint density at radius 1 is 0.885 bits per heavy atom. The van der Waals surface area contributed by atoms with Gasteiger partial charge >= 0.3 is 0 Å². The van der Waals surface area contributed by atoms with E-state index in [2.05, 4.69) is 23.6 Å². The zero-order valence-corrected chi connectivity index (χ0v) is 17.5. The maximum absolute atomic E-state index is 11.8. The van der Waals surface area contributed by atoms with Gasteiger partial charge in [-0.05, 0) is 69.4 Å². The van der Waals surface area contributed by atoms with Gasteiger partial charge in [-0.15, -0.1) is 0 Å². The van der Waals surface area contributed by atoms with E-state index in [4.69, 9.17) is 0 Å². The summed E-state index contributed by atoms with van der Waals surface area (Å²) in [6.07, 6.45) is 9.11. The summed E-state index contributed by atoms with van der Waals surface area (Å²) < 4.78 is 0. The summed E-state index contributed by atoms with van der Waals surface area (Å²) in [5.41, 5.74) is 0. The lowest BCUT2D eigenvalue weighted by Gasteiger charge is -2.43. The highest BCUT2D eigenvalue weighted by Crippen LogP contribution is 2.32. The Balaban J connectivity index is 1.34. The number of hydrogen-bond donors (Lipinski definition) is 0. The van der Waals surface area contributed by atoms with Crippen molar-refractivity contribution in [2.45, 2.75) is 71.8 Å². The minimum atomic E-state index is 0.325. The molecular formula is C22H41N3O. The molecule has 4 nitrogen and oxygen atoms in total. The fourth-order valence-electron chi connectivity index (χ4n) is 5.41. The molecule has 0 aromatic carbocycles. The van der Waals surface area contributed by atoms with Crippen molar-refractivity contribution in [3.05, 3.63) is 0 Å². The van der Waals surface area contributed by atoms with Crippen molar-refractivity contribution in [3.63, 3.8) is 0 Å². The molecule has 3 rings (SSSR count). The van der Waals surface area contributed by atoms with E-state index in [0.717, 1.165) is 50.0 Å². The predicted octanol–water partition coefficient (Wildman–Crippen LogP) is 3.47. The molecule has 3 fully saturated rings. The number of likely N-dealkylation sites (tertiary alicyclic amines) is 1. The third kappa shape index (κ3) is 5.22. The number of carbonyl (C=O) groups excluding carboxylic acids is 1. The van der Waals surface area contributed by atoms with E-state index in [1.54, 1.807) is 0 Å². The monoisotopic (exact) mass is 363 g/mol. The fourth-order valence-corrected chi connectivity index (χ4v) is 5.41. The number of carbonyl (C=O) groups is 1. The van der Waals surface area contributed by atoms with Crippen LogP contribution in [0.4, 0.5) is 0 Å². The fraction of sp³-hybridized carbons (Fsp3) is 0.955. The van der Waals surface area contributed by atoms with Gasteiger partial charge in [-0.1, -0.05) is 20.8 Å². The van der Waals surface area contributed by atoms with Crippen LogP contribution in [0.3, 0.4) is 0 Å². The van der Waals surface area contributed by atoms with E-state index < -0.39 is 0 Å². The quantitative estimate of drug-likeness (QED) is 0.748. The summed E-state index contributed by atoms with van der Waals surface area (Å²) in [7, 11) is 0. The lowest BCUT2D eigenvalue weighted by molar-refractivity contribution is -0.132. The van der Waals surface area contributed by atoms with E-state index in [9.17, 15) is 4.79 Å². The molecule has 2 saturated heterocycles. The van der Waals surface area contributed by atoms with Gasteiger partial charge in [0.2, 0.25) is 5.91 Å². The number of hydrogen-bond acceptors (Lipinski definition) is 3. The minimum absolute atomic E-state index is 0.325. The second-order valence-electron chi connectivity index (χ2n) is 9.33. The predicted molar refractivity (Wildman–Crippen MR) is 108 cm³/mol. The Bertz CT molecular complexity index is 429. The topological polar surface area (TPSA) is 26.8 Å². The molecule has 26 heavy (non-hydrogen) atoms. The van der Waals surface area contributed by atoms with Crippen molar-refractivity contribution in [1.82, 2.24) is 14.7 Å². The second kappa shape index (κ2) is 9.54. The molecule has 1 amide bonds. The number of piperazine rings is 1. The number of rotatable bonds is 5. The molecule has 3 aliphatic rings. The first-order chi connectivity index (χ1) is 12.6. The average Bonchev–Trinajstić information content (AvgIpc) is 2.68. The maximum Gasteiger partial charge on any atom is 0.222 e. The summed E-state index contributed by atoms with van der Waals surface area (Å²) in [6, 6.07) is 0.860. The molecule has 4 heteroatoms. The van der Waals surface area contributed by atoms with Gasteiger partial charge in [-0.3, -0.25) is 9.69 Å². The lowest BCUT2D eigenvalue weighted by atomic mass is 9.82. The smallest absolute Gasteiger partial charge is 0.222 e. The molecule has 0 bridgehead atoms. The summed E-state index contributed by atoms with van der Waals surface area (Å²) in [6.45, 7) is 14.7. The van der Waals surface area contributed by atoms with Crippen molar-refractivity contribution >= 4 is 5.91 Å². The summed E-state index contributed by atoms with van der Waals surface area (Å²) in [5.74, 6) is 3.03. The van der Waals surface area contributed by atoms with E-state index in [0.29, 0.717) is 12.3 Å². The van der Waals surface area contributed by atoms with Crippen molar-refractivity contribution in [2.24, 2.45) is 17.8 Å². The average molecular weight is 364 g/mol. The van der Waals surface area contributed by atoms with Gasteiger partial charge in [0.15, 0.2) is 0 Å². The van der Waals surface area contributed by atoms with Gasteiger partial charge < -0.3 is 9.80 Å². The molecular weight excluding hydrogens is 322 g/mol. The molecule has 150 valence electrons. The lowest BCUT2D eigenvalue weighted by Crippen LogP contribution is -2.50. The number of amides is 1. The van der Waals surface area contributed by atoms with Crippen LogP contribution in [0, 0.1) is 17.8 Å². The largest absolute Gasteiger partial charge is 0.340 e. The molecule has 0 spiro atoms. The minimum Gasteiger partial charge on any atom is -0.340 e. The highest BCUT2D eigenvalue weighted by Gasteiger charge is 2.31. The second-order valence-corrected chi connectivity index (χ2v) is 9.33. The Labute approximate surface area is 161 Å². The van der Waals surface area contributed by atoms with Crippen molar-refractivity contribution in [1.29, 1.82) is 0 Å². The Morgan fingerprint density at radius 2 is 1.50 bits per heavy atom. The zero-order chi connectivity index (χ0) is 18.5. The van der Waals surface area contributed by atoms with Gasteiger partial charge in [0, 0.05) is 45.2 Å². The number of piperidine rings is 1. The Kier molecular flexibility index (Phi) is 7.39. The van der Waals surface area contributed by atoms with Crippen LogP contribution >= 0.6 is 0 Å². The molecule has 2 aliphatic heterocycles. The molecule has 0 aromatic rings. The highest BCUT2D eigenvalue weighted by atomic mass is 16.2. The Morgan fingerprint density at radius 3 is 2.04 bits per heavy atom. The summed E-state index contributed by atoms with van der Waals surface area (Å²) >= 11 is 0. The molecule has 0 radical (unpaired) electrons. The van der Waals surface area contributed by atoms with Gasteiger partial charge in [0.25, 0.3) is 0 Å². The molecule has 0 unspecified atom stereocenters. The standard InChI is InChI=1S/C22H41N3O/c1-4-22(26)25-15-13-23(14-16-25)17-19-5-7-21(8-6-19)24-11-9-20(10-12-24)18(2)3/h18-21H,4-17H2,1-3H3/t19-,21-. The van der Waals surface area contributed by atoms with Crippen molar-refractivity contribution < 1.29 is 4.79 Å². The van der Waals surface area contributed by atoms with Crippen LogP contribution in [0.15, 0.2) is 0 Å². The van der Waals surface area contributed by atoms with Gasteiger partial charge in [-0.25, -0.2) is 0 Å². The Hall–Kier alpha value is -0.610. The van der Waals surface area contributed by atoms with Crippen LogP contribution in [-0.2, 0) is 4.79 Å². The highest BCUT2D eigenvalue weighted by molar-refractivity contribution is 5.75. The normalized spacial score (nSPS) is 30.1. The molecule has 0 N–H and O–H groups in total. The van der Waals surface area contributed by atoms with Crippen LogP contribution in [0.2, 0.25) is 0 Å². The van der Waals surface area contributed by atoms with E-state index >= 15 is 0 Å². The molecule has 1 saturated carbocycles. The molecule has 0 atom stereocenters. The SMILES string of the molecule is CCC(=O)N1CCN(C[C@H]2CC[C@H](N3CCC(C(C)C)CC3)CC2)CC1. The van der Waals surface area contributed by atoms with Crippen LogP contribution in [0.1, 0.15) is 65.7 Å². The first-order valence-electron chi connectivity index (χ1n) is 11.3. The molecule has 1 aliphatic carbocycles. The van der Waals surface area contributed by atoms with Crippen LogP contribution in [-0.4, -0.2) is 72.5 Å². The third-order valence-corrected chi connectivity index (χ3v) is 7.39. The summed E-state index contributed by atoms with van der Waals surface area (Å²) in [4.78, 5) is 19.3. The first-order valence-corrected chi connectivity index (χ1v) is 11.3. The zero-order valence-electron chi connectivity index (χ0n) is 17.5. The van der Waals surface area contributed by atoms with E-state index in [1.165, 1.54) is 58.2 Å². The molecule has 2 heterocycles. The van der Waals surface area contributed by atoms with Crippen molar-refractivity contribution in [2.75, 3.05) is 45.8 Å². The number of nitrogens with zero attached hydrogens (tertiary/aromatic N) is 3. The van der Waals surface area contributed by atoms with Gasteiger partial charge in [0.05, 0.1) is 0 Å². The van der Waals surface area contributed by atoms with Crippen molar-refractivity contribution in [3.8, 4) is 0 Å². The van der Waals surface area contributed by atoms with Gasteiger partial charge in [-0.2, -0.15) is 0 Å². The van der Waals surface area contributed by atoms with Crippen LogP contribution in [0.5, 0.6) is 0 Å². The third-order valence-electron chi connectivity index (χ3n) is 7.39.